The lowest BCUT2D eigenvalue weighted by molar-refractivity contribution is 0.541. The molecule has 0 heterocycles. The fourth-order valence-corrected chi connectivity index (χ4v) is 1.08. The molecule has 0 rings (SSSR count). The normalized spacial score (nSPS) is 9.91. The standard InChI is InChI=1S/C10H18O/c1-2-3-4-5-6-7-8-9-10-11/h1-9H2. The molecule has 0 bridgehead atoms. The monoisotopic (exact) mass is 154 g/mol. The molecule has 1 nitrogen and oxygen atoms in total. The number of hydrogen-bond acceptors (Lipinski definition) is 1. The Morgan fingerprint density at radius 2 is 1.45 bits per heavy atom. The maximum atomic E-state index is 9.81. The minimum atomic E-state index is 0.620. The van der Waals surface area contributed by atoms with Crippen molar-refractivity contribution in [3.63, 3.8) is 0 Å². The average molecular weight is 154 g/mol. The average Bonchev–Trinajstić information content (AvgIpc) is 2.03. The van der Waals surface area contributed by atoms with Gasteiger partial charge in [-0.25, -0.2) is 0 Å². The molecule has 1 heteroatoms. The SMILES string of the molecule is [CH2]CCCCCCCC[C]=O. The molecule has 0 aliphatic carbocycles. The summed E-state index contributed by atoms with van der Waals surface area (Å²) in [5, 5.41) is 0. The first-order valence-electron chi connectivity index (χ1n) is 4.56. The summed E-state index contributed by atoms with van der Waals surface area (Å²) in [5.74, 6) is 0. The quantitative estimate of drug-likeness (QED) is 0.491. The highest BCUT2D eigenvalue weighted by Gasteiger charge is 1.89. The van der Waals surface area contributed by atoms with Crippen molar-refractivity contribution in [3.05, 3.63) is 6.92 Å². The van der Waals surface area contributed by atoms with Crippen LogP contribution in [0.2, 0.25) is 0 Å². The van der Waals surface area contributed by atoms with Crippen LogP contribution in [-0.2, 0) is 4.79 Å². The maximum absolute atomic E-state index is 9.81. The molecule has 0 aromatic heterocycles. The third-order valence-corrected chi connectivity index (χ3v) is 1.78. The Kier molecular flexibility index (Phi) is 9.38. The summed E-state index contributed by atoms with van der Waals surface area (Å²) < 4.78 is 0. The first-order chi connectivity index (χ1) is 5.41. The summed E-state index contributed by atoms with van der Waals surface area (Å²) >= 11 is 0. The summed E-state index contributed by atoms with van der Waals surface area (Å²) in [6, 6.07) is 0. The van der Waals surface area contributed by atoms with E-state index in [0.29, 0.717) is 6.42 Å². The van der Waals surface area contributed by atoms with Gasteiger partial charge in [0.25, 0.3) is 0 Å². The van der Waals surface area contributed by atoms with Gasteiger partial charge in [-0.1, -0.05) is 45.4 Å². The molecular weight excluding hydrogens is 136 g/mol. The van der Waals surface area contributed by atoms with Gasteiger partial charge in [0.05, 0.1) is 0 Å². The molecule has 0 aromatic rings. The van der Waals surface area contributed by atoms with Gasteiger partial charge in [-0.05, 0) is 6.42 Å². The summed E-state index contributed by atoms with van der Waals surface area (Å²) in [6.07, 6.45) is 10.9. The topological polar surface area (TPSA) is 17.1 Å². The van der Waals surface area contributed by atoms with Crippen molar-refractivity contribution in [2.75, 3.05) is 0 Å². The Bertz CT molecular complexity index is 78.9. The van der Waals surface area contributed by atoms with Crippen LogP contribution in [0.3, 0.4) is 0 Å². The van der Waals surface area contributed by atoms with Crippen molar-refractivity contribution < 1.29 is 4.79 Å². The molecule has 0 amide bonds. The Labute approximate surface area is 70.2 Å². The van der Waals surface area contributed by atoms with Gasteiger partial charge in [0.15, 0.2) is 6.29 Å². The van der Waals surface area contributed by atoms with E-state index in [2.05, 4.69) is 6.92 Å². The highest BCUT2D eigenvalue weighted by Crippen LogP contribution is 2.07. The second kappa shape index (κ2) is 9.67. The van der Waals surface area contributed by atoms with E-state index in [1.54, 1.807) is 0 Å². The van der Waals surface area contributed by atoms with Crippen LogP contribution in [0.4, 0.5) is 0 Å². The lowest BCUT2D eigenvalue weighted by Crippen LogP contribution is -1.80. The summed E-state index contributed by atoms with van der Waals surface area (Å²) in [4.78, 5) is 9.81. The second-order valence-corrected chi connectivity index (χ2v) is 2.87. The third-order valence-electron chi connectivity index (χ3n) is 1.78. The number of rotatable bonds is 8. The Hall–Kier alpha value is -0.330. The van der Waals surface area contributed by atoms with Crippen LogP contribution < -0.4 is 0 Å². The summed E-state index contributed by atoms with van der Waals surface area (Å²) in [7, 11) is 0. The first-order valence-corrected chi connectivity index (χ1v) is 4.56. The van der Waals surface area contributed by atoms with Crippen molar-refractivity contribution in [1.29, 1.82) is 0 Å². The number of unbranched alkanes of at least 4 members (excludes halogenated alkanes) is 7. The molecule has 11 heavy (non-hydrogen) atoms. The van der Waals surface area contributed by atoms with E-state index in [0.717, 1.165) is 12.8 Å². The van der Waals surface area contributed by atoms with E-state index in [9.17, 15) is 4.79 Å². The molecule has 0 saturated carbocycles. The van der Waals surface area contributed by atoms with Crippen molar-refractivity contribution in [2.45, 2.75) is 51.4 Å². The third kappa shape index (κ3) is 9.67. The summed E-state index contributed by atoms with van der Waals surface area (Å²) in [5.41, 5.74) is 0. The highest BCUT2D eigenvalue weighted by molar-refractivity contribution is 5.50. The van der Waals surface area contributed by atoms with Gasteiger partial charge in [-0.2, -0.15) is 0 Å². The smallest absolute Gasteiger partial charge is 0.198 e. The van der Waals surface area contributed by atoms with E-state index in [1.165, 1.54) is 32.1 Å². The highest BCUT2D eigenvalue weighted by atomic mass is 16.1. The van der Waals surface area contributed by atoms with Crippen molar-refractivity contribution in [1.82, 2.24) is 0 Å². The van der Waals surface area contributed by atoms with Crippen LogP contribution in [0.15, 0.2) is 0 Å². The van der Waals surface area contributed by atoms with Gasteiger partial charge in [-0.3, -0.25) is 4.79 Å². The molecular formula is C10H18O. The fraction of sp³-hybridized carbons (Fsp3) is 0.800. The van der Waals surface area contributed by atoms with E-state index in [4.69, 9.17) is 0 Å². The van der Waals surface area contributed by atoms with Crippen molar-refractivity contribution in [3.8, 4) is 0 Å². The molecule has 2 radical (unpaired) electrons. The zero-order valence-corrected chi connectivity index (χ0v) is 7.27. The predicted molar refractivity (Wildman–Crippen MR) is 48.0 cm³/mol. The van der Waals surface area contributed by atoms with Crippen LogP contribution in [0.1, 0.15) is 51.4 Å². The van der Waals surface area contributed by atoms with Crippen LogP contribution in [0.5, 0.6) is 0 Å². The second-order valence-electron chi connectivity index (χ2n) is 2.87. The molecule has 0 saturated heterocycles. The lowest BCUT2D eigenvalue weighted by Gasteiger charge is -1.97. The van der Waals surface area contributed by atoms with Gasteiger partial charge in [-0.15, -0.1) is 0 Å². The van der Waals surface area contributed by atoms with Gasteiger partial charge in [0.2, 0.25) is 0 Å². The molecule has 0 spiro atoms. The lowest BCUT2D eigenvalue weighted by atomic mass is 10.1. The number of carbonyl (C=O) groups excluding carboxylic acids is 1. The maximum Gasteiger partial charge on any atom is 0.198 e. The van der Waals surface area contributed by atoms with Crippen LogP contribution in [0.25, 0.3) is 0 Å². The molecule has 0 aliphatic rings. The minimum Gasteiger partial charge on any atom is -0.291 e. The van der Waals surface area contributed by atoms with E-state index in [1.807, 2.05) is 6.29 Å². The Morgan fingerprint density at radius 3 is 2.00 bits per heavy atom. The first kappa shape index (κ1) is 10.7. The minimum absolute atomic E-state index is 0.620. The van der Waals surface area contributed by atoms with Gasteiger partial charge in [0.1, 0.15) is 0 Å². The van der Waals surface area contributed by atoms with Crippen LogP contribution in [0, 0.1) is 6.92 Å². The molecule has 0 unspecified atom stereocenters. The molecule has 0 aliphatic heterocycles. The van der Waals surface area contributed by atoms with E-state index >= 15 is 0 Å². The van der Waals surface area contributed by atoms with Gasteiger partial charge < -0.3 is 0 Å². The largest absolute Gasteiger partial charge is 0.291 e. The molecule has 0 atom stereocenters. The van der Waals surface area contributed by atoms with E-state index < -0.39 is 0 Å². The van der Waals surface area contributed by atoms with Crippen LogP contribution in [-0.4, -0.2) is 6.29 Å². The predicted octanol–water partition coefficient (Wildman–Crippen LogP) is 3.05. The zero-order chi connectivity index (χ0) is 8.36. The number of hydrogen-bond donors (Lipinski definition) is 0. The molecule has 0 N–H and O–H groups in total. The van der Waals surface area contributed by atoms with Crippen molar-refractivity contribution in [2.24, 2.45) is 0 Å². The molecule has 64 valence electrons. The van der Waals surface area contributed by atoms with E-state index in [-0.39, 0.29) is 0 Å². The fourth-order valence-electron chi connectivity index (χ4n) is 1.08. The molecule has 0 fully saturated rings. The van der Waals surface area contributed by atoms with Gasteiger partial charge in [0, 0.05) is 6.42 Å². The Balaban J connectivity index is 2.74. The Morgan fingerprint density at radius 1 is 0.909 bits per heavy atom. The zero-order valence-electron chi connectivity index (χ0n) is 7.27. The summed E-state index contributed by atoms with van der Waals surface area (Å²) in [6.45, 7) is 3.78. The van der Waals surface area contributed by atoms with Crippen molar-refractivity contribution >= 4 is 6.29 Å². The molecule has 0 aromatic carbocycles. The van der Waals surface area contributed by atoms with Crippen LogP contribution >= 0.6 is 0 Å². The van der Waals surface area contributed by atoms with Gasteiger partial charge >= 0.3 is 0 Å².